The zero-order valence-corrected chi connectivity index (χ0v) is 13.4. The van der Waals surface area contributed by atoms with Crippen molar-refractivity contribution < 1.29 is 0 Å². The molecule has 94 valence electrons. The van der Waals surface area contributed by atoms with Crippen LogP contribution in [0.3, 0.4) is 0 Å². The van der Waals surface area contributed by atoms with Gasteiger partial charge in [-0.05, 0) is 68.7 Å². The lowest BCUT2D eigenvalue weighted by atomic mass is 9.83. The molecule has 0 saturated heterocycles. The zero-order valence-electron chi connectivity index (χ0n) is 10.2. The van der Waals surface area contributed by atoms with Gasteiger partial charge >= 0.3 is 0 Å². The van der Waals surface area contributed by atoms with Gasteiger partial charge in [0.25, 0.3) is 0 Å². The van der Waals surface area contributed by atoms with Gasteiger partial charge in [0.2, 0.25) is 0 Å². The van der Waals surface area contributed by atoms with Crippen LogP contribution in [0.5, 0.6) is 0 Å². The summed E-state index contributed by atoms with van der Waals surface area (Å²) in [5.41, 5.74) is 1.19. The van der Waals surface area contributed by atoms with Crippen molar-refractivity contribution in [3.05, 3.63) is 27.1 Å². The van der Waals surface area contributed by atoms with Crippen LogP contribution in [0.1, 0.15) is 32.6 Å². The van der Waals surface area contributed by atoms with E-state index in [1.807, 2.05) is 6.07 Å². The van der Waals surface area contributed by atoms with Gasteiger partial charge in [-0.3, -0.25) is 0 Å². The molecular formula is C14H19Br2N. The summed E-state index contributed by atoms with van der Waals surface area (Å²) in [6, 6.07) is 6.20. The van der Waals surface area contributed by atoms with E-state index in [2.05, 4.69) is 56.2 Å². The Morgan fingerprint density at radius 2 is 1.71 bits per heavy atom. The highest BCUT2D eigenvalue weighted by Gasteiger charge is 2.18. The average molecular weight is 361 g/mol. The lowest BCUT2D eigenvalue weighted by Crippen LogP contribution is -2.20. The SMILES string of the molecule is CC1CCC(CNc2c(Br)cccc2Br)CC1. The van der Waals surface area contributed by atoms with Gasteiger partial charge in [0.05, 0.1) is 5.69 Å². The van der Waals surface area contributed by atoms with Crippen molar-refractivity contribution in [2.45, 2.75) is 32.6 Å². The molecule has 0 heterocycles. The van der Waals surface area contributed by atoms with Gasteiger partial charge in [-0.1, -0.05) is 25.8 Å². The first kappa shape index (κ1) is 13.4. The van der Waals surface area contributed by atoms with Crippen LogP contribution < -0.4 is 5.32 Å². The number of nitrogens with one attached hydrogen (secondary N) is 1. The molecule has 17 heavy (non-hydrogen) atoms. The lowest BCUT2D eigenvalue weighted by molar-refractivity contribution is 0.300. The summed E-state index contributed by atoms with van der Waals surface area (Å²) in [5.74, 6) is 1.77. The Morgan fingerprint density at radius 1 is 1.12 bits per heavy atom. The smallest absolute Gasteiger partial charge is 0.0629 e. The molecule has 1 aromatic carbocycles. The molecule has 0 aliphatic heterocycles. The summed E-state index contributed by atoms with van der Waals surface area (Å²) in [5, 5.41) is 3.57. The van der Waals surface area contributed by atoms with E-state index in [1.165, 1.54) is 31.4 Å². The first-order chi connectivity index (χ1) is 8.16. The number of para-hydroxylation sites is 1. The lowest BCUT2D eigenvalue weighted by Gasteiger charge is -2.27. The van der Waals surface area contributed by atoms with Crippen LogP contribution in [0.15, 0.2) is 27.1 Å². The minimum Gasteiger partial charge on any atom is -0.383 e. The highest BCUT2D eigenvalue weighted by molar-refractivity contribution is 9.11. The summed E-state index contributed by atoms with van der Waals surface area (Å²) >= 11 is 7.18. The fourth-order valence-electron chi connectivity index (χ4n) is 2.45. The van der Waals surface area contributed by atoms with Crippen LogP contribution in [-0.4, -0.2) is 6.54 Å². The van der Waals surface area contributed by atoms with Gasteiger partial charge < -0.3 is 5.32 Å². The van der Waals surface area contributed by atoms with Gasteiger partial charge in [-0.25, -0.2) is 0 Å². The Balaban J connectivity index is 1.89. The summed E-state index contributed by atoms with van der Waals surface area (Å²) in [6.07, 6.45) is 5.53. The van der Waals surface area contributed by atoms with Crippen molar-refractivity contribution in [3.8, 4) is 0 Å². The number of hydrogen-bond donors (Lipinski definition) is 1. The molecule has 1 aliphatic carbocycles. The molecule has 0 atom stereocenters. The van der Waals surface area contributed by atoms with Crippen LogP contribution in [0, 0.1) is 11.8 Å². The Hall–Kier alpha value is -0.0200. The fourth-order valence-corrected chi connectivity index (χ4v) is 3.73. The summed E-state index contributed by atoms with van der Waals surface area (Å²) < 4.78 is 2.27. The maximum absolute atomic E-state index is 3.59. The second kappa shape index (κ2) is 6.24. The minimum atomic E-state index is 0.838. The predicted molar refractivity (Wildman–Crippen MR) is 81.5 cm³/mol. The molecule has 1 aromatic rings. The third-order valence-electron chi connectivity index (χ3n) is 3.67. The van der Waals surface area contributed by atoms with Gasteiger partial charge in [0.15, 0.2) is 0 Å². The summed E-state index contributed by atoms with van der Waals surface area (Å²) in [7, 11) is 0. The molecule has 3 heteroatoms. The Bertz CT molecular complexity index is 350. The van der Waals surface area contributed by atoms with Gasteiger partial charge in [0.1, 0.15) is 0 Å². The summed E-state index contributed by atoms with van der Waals surface area (Å²) in [4.78, 5) is 0. The second-order valence-electron chi connectivity index (χ2n) is 5.10. The highest BCUT2D eigenvalue weighted by Crippen LogP contribution is 2.33. The van der Waals surface area contributed by atoms with Gasteiger partial charge in [-0.15, -0.1) is 0 Å². The molecule has 1 nitrogen and oxygen atoms in total. The third-order valence-corrected chi connectivity index (χ3v) is 4.99. The topological polar surface area (TPSA) is 12.0 Å². The maximum atomic E-state index is 3.59. The van der Waals surface area contributed by atoms with E-state index in [0.29, 0.717) is 0 Å². The van der Waals surface area contributed by atoms with Crippen LogP contribution in [-0.2, 0) is 0 Å². The first-order valence-electron chi connectivity index (χ1n) is 6.34. The summed E-state index contributed by atoms with van der Waals surface area (Å²) in [6.45, 7) is 3.46. The quantitative estimate of drug-likeness (QED) is 0.755. The second-order valence-corrected chi connectivity index (χ2v) is 6.81. The highest BCUT2D eigenvalue weighted by atomic mass is 79.9. The van der Waals surface area contributed by atoms with E-state index >= 15 is 0 Å². The predicted octanol–water partition coefficient (Wildman–Crippen LogP) is 5.45. The number of anilines is 1. The monoisotopic (exact) mass is 359 g/mol. The third kappa shape index (κ3) is 3.72. The molecule has 0 radical (unpaired) electrons. The number of rotatable bonds is 3. The number of hydrogen-bond acceptors (Lipinski definition) is 1. The van der Waals surface area contributed by atoms with Crippen molar-refractivity contribution in [1.82, 2.24) is 0 Å². The largest absolute Gasteiger partial charge is 0.383 e. The normalized spacial score (nSPS) is 24.6. The molecule has 2 rings (SSSR count). The van der Waals surface area contributed by atoms with E-state index in [1.54, 1.807) is 0 Å². The van der Waals surface area contributed by atoms with E-state index in [4.69, 9.17) is 0 Å². The van der Waals surface area contributed by atoms with Crippen LogP contribution in [0.4, 0.5) is 5.69 Å². The van der Waals surface area contributed by atoms with E-state index in [9.17, 15) is 0 Å². The standard InChI is InChI=1S/C14H19Br2N/c1-10-5-7-11(8-6-10)9-17-14-12(15)3-2-4-13(14)16/h2-4,10-11,17H,5-9H2,1H3. The Kier molecular flexibility index (Phi) is 4.92. The van der Waals surface area contributed by atoms with Crippen molar-refractivity contribution in [2.24, 2.45) is 11.8 Å². The van der Waals surface area contributed by atoms with E-state index < -0.39 is 0 Å². The van der Waals surface area contributed by atoms with Crippen molar-refractivity contribution in [1.29, 1.82) is 0 Å². The molecule has 1 aliphatic rings. The molecule has 0 aromatic heterocycles. The molecule has 1 N–H and O–H groups in total. The van der Waals surface area contributed by atoms with E-state index in [-0.39, 0.29) is 0 Å². The molecule has 0 spiro atoms. The van der Waals surface area contributed by atoms with Crippen LogP contribution in [0.2, 0.25) is 0 Å². The Morgan fingerprint density at radius 3 is 2.29 bits per heavy atom. The number of halogens is 2. The number of benzene rings is 1. The average Bonchev–Trinajstić information content (AvgIpc) is 2.31. The molecule has 1 fully saturated rings. The molecule has 1 saturated carbocycles. The van der Waals surface area contributed by atoms with Crippen molar-refractivity contribution in [2.75, 3.05) is 11.9 Å². The van der Waals surface area contributed by atoms with Crippen molar-refractivity contribution in [3.63, 3.8) is 0 Å². The molecule has 0 bridgehead atoms. The van der Waals surface area contributed by atoms with Crippen molar-refractivity contribution >= 4 is 37.5 Å². The minimum absolute atomic E-state index is 0.838. The van der Waals surface area contributed by atoms with Crippen LogP contribution in [0.25, 0.3) is 0 Å². The molecule has 0 unspecified atom stereocenters. The molecular weight excluding hydrogens is 342 g/mol. The maximum Gasteiger partial charge on any atom is 0.0629 e. The van der Waals surface area contributed by atoms with Gasteiger partial charge in [0, 0.05) is 15.5 Å². The van der Waals surface area contributed by atoms with Gasteiger partial charge in [-0.2, -0.15) is 0 Å². The van der Waals surface area contributed by atoms with E-state index in [0.717, 1.165) is 27.3 Å². The first-order valence-corrected chi connectivity index (χ1v) is 7.93. The Labute approximate surface area is 121 Å². The molecule has 0 amide bonds. The fraction of sp³-hybridized carbons (Fsp3) is 0.571. The zero-order chi connectivity index (χ0) is 12.3. The van der Waals surface area contributed by atoms with Crippen LogP contribution >= 0.6 is 31.9 Å².